The Balaban J connectivity index is 1.77. The van der Waals surface area contributed by atoms with Crippen molar-refractivity contribution in [2.75, 3.05) is 0 Å². The van der Waals surface area contributed by atoms with E-state index in [0.717, 1.165) is 0 Å². The van der Waals surface area contributed by atoms with Crippen molar-refractivity contribution in [3.63, 3.8) is 0 Å². The summed E-state index contributed by atoms with van der Waals surface area (Å²) in [6.07, 6.45) is 0. The van der Waals surface area contributed by atoms with Crippen LogP contribution in [0.4, 0.5) is 0 Å². The standard InChI is InChI=1S/4C6H5.2Al.O/c4*1-2-4-6-5-3-1;;;/h4*1-5H;;;. The van der Waals surface area contributed by atoms with Crippen molar-refractivity contribution < 1.29 is 2.84 Å². The van der Waals surface area contributed by atoms with Gasteiger partial charge in [0.15, 0.2) is 0 Å². The summed E-state index contributed by atoms with van der Waals surface area (Å²) in [7, 11) is 0. The summed E-state index contributed by atoms with van der Waals surface area (Å²) in [5, 5.41) is 0. The second kappa shape index (κ2) is 9.21. The third-order valence-electron chi connectivity index (χ3n) is 4.68. The zero-order valence-electron chi connectivity index (χ0n) is 15.1. The third kappa shape index (κ3) is 4.61. The molecule has 0 aromatic heterocycles. The van der Waals surface area contributed by atoms with E-state index in [1.54, 1.807) is 0 Å². The van der Waals surface area contributed by atoms with Crippen molar-refractivity contribution in [1.29, 1.82) is 0 Å². The minimum atomic E-state index is -1.79. The maximum Gasteiger partial charge on any atom is 0.514 e. The molecule has 4 aromatic carbocycles. The Hall–Kier alpha value is -2.10. The maximum atomic E-state index is 7.07. The Bertz CT molecular complexity index is 785. The highest BCUT2D eigenvalue weighted by atomic mass is 27.3. The van der Waals surface area contributed by atoms with Crippen LogP contribution in [0.25, 0.3) is 0 Å². The molecule has 0 atom stereocenters. The van der Waals surface area contributed by atoms with Gasteiger partial charge in [0.2, 0.25) is 0 Å². The van der Waals surface area contributed by atoms with Gasteiger partial charge in [0.1, 0.15) is 0 Å². The van der Waals surface area contributed by atoms with Crippen molar-refractivity contribution in [1.82, 2.24) is 0 Å². The molecule has 0 aliphatic heterocycles. The number of hydrogen-bond donors (Lipinski definition) is 0. The molecule has 0 radical (unpaired) electrons. The fourth-order valence-corrected chi connectivity index (χ4v) is 10.0. The molecule has 1 nitrogen and oxygen atoms in total. The zero-order valence-corrected chi connectivity index (χ0v) is 17.4. The van der Waals surface area contributed by atoms with Gasteiger partial charge in [-0.3, -0.25) is 0 Å². The first kappa shape index (κ1) is 18.3. The molecule has 0 saturated heterocycles. The van der Waals surface area contributed by atoms with Crippen LogP contribution < -0.4 is 17.7 Å². The summed E-state index contributed by atoms with van der Waals surface area (Å²) in [4.78, 5) is 0. The Labute approximate surface area is 170 Å². The van der Waals surface area contributed by atoms with E-state index < -0.39 is 29.0 Å². The van der Waals surface area contributed by atoms with Gasteiger partial charge < -0.3 is 2.84 Å². The zero-order chi connectivity index (χ0) is 18.3. The normalized spacial score (nSPS) is 10.4. The van der Waals surface area contributed by atoms with Gasteiger partial charge in [0.05, 0.1) is 0 Å². The first-order valence-electron chi connectivity index (χ1n) is 9.27. The quantitative estimate of drug-likeness (QED) is 0.469. The van der Waals surface area contributed by atoms with E-state index >= 15 is 0 Å². The highest BCUT2D eigenvalue weighted by Crippen LogP contribution is 2.00. The second-order valence-electron chi connectivity index (χ2n) is 6.54. The first-order valence-corrected chi connectivity index (χ1v) is 12.5. The smallest absolute Gasteiger partial charge is 0.514 e. The third-order valence-corrected chi connectivity index (χ3v) is 10.8. The fraction of sp³-hybridized carbons (Fsp3) is 0. The lowest BCUT2D eigenvalue weighted by molar-refractivity contribution is 0.633. The first-order chi connectivity index (χ1) is 13.4. The van der Waals surface area contributed by atoms with Crippen LogP contribution in [0.5, 0.6) is 0 Å². The number of hydrogen-bond acceptors (Lipinski definition) is 1. The molecule has 0 spiro atoms. The minimum absolute atomic E-state index is 1.33. The van der Waals surface area contributed by atoms with Gasteiger partial charge in [0, 0.05) is 0 Å². The monoisotopic (exact) mass is 378 g/mol. The molecule has 0 unspecified atom stereocenters. The Kier molecular flexibility index (Phi) is 6.23. The molecule has 128 valence electrons. The summed E-state index contributed by atoms with van der Waals surface area (Å²) in [5.41, 5.74) is 0. The fourth-order valence-electron chi connectivity index (χ4n) is 3.35. The number of rotatable bonds is 6. The predicted molar refractivity (Wildman–Crippen MR) is 117 cm³/mol. The van der Waals surface area contributed by atoms with Crippen molar-refractivity contribution in [3.8, 4) is 0 Å². The van der Waals surface area contributed by atoms with E-state index in [0.29, 0.717) is 0 Å². The van der Waals surface area contributed by atoms with Gasteiger partial charge in [-0.15, -0.1) is 0 Å². The molecule has 4 rings (SSSR count). The summed E-state index contributed by atoms with van der Waals surface area (Å²) in [6.45, 7) is 0. The lowest BCUT2D eigenvalue weighted by Gasteiger charge is -2.21. The van der Waals surface area contributed by atoms with Crippen LogP contribution >= 0.6 is 0 Å². The van der Waals surface area contributed by atoms with E-state index in [-0.39, 0.29) is 0 Å². The molecule has 27 heavy (non-hydrogen) atoms. The van der Waals surface area contributed by atoms with Gasteiger partial charge in [0.25, 0.3) is 0 Å². The molecule has 0 aliphatic carbocycles. The van der Waals surface area contributed by atoms with Crippen LogP contribution in [0.2, 0.25) is 0 Å². The summed E-state index contributed by atoms with van der Waals surface area (Å²) >= 11 is -3.57. The van der Waals surface area contributed by atoms with Crippen molar-refractivity contribution in [2.45, 2.75) is 0 Å². The Morgan fingerprint density at radius 3 is 0.778 bits per heavy atom. The van der Waals surface area contributed by atoms with Crippen LogP contribution in [-0.2, 0) is 2.84 Å². The van der Waals surface area contributed by atoms with Crippen molar-refractivity contribution in [2.24, 2.45) is 0 Å². The van der Waals surface area contributed by atoms with Gasteiger partial charge in [-0.1, -0.05) is 139 Å². The van der Waals surface area contributed by atoms with E-state index in [9.17, 15) is 0 Å². The highest BCUT2D eigenvalue weighted by molar-refractivity contribution is 6.91. The van der Waals surface area contributed by atoms with E-state index in [2.05, 4.69) is 121 Å². The molecule has 0 aliphatic rings. The minimum Gasteiger partial charge on any atom is -0.623 e. The van der Waals surface area contributed by atoms with E-state index in [4.69, 9.17) is 2.84 Å². The highest BCUT2D eigenvalue weighted by Gasteiger charge is 2.34. The van der Waals surface area contributed by atoms with Crippen LogP contribution in [0.15, 0.2) is 121 Å². The van der Waals surface area contributed by atoms with E-state index in [1.165, 1.54) is 17.7 Å². The van der Waals surface area contributed by atoms with Crippen molar-refractivity contribution in [3.05, 3.63) is 121 Å². The van der Waals surface area contributed by atoms with E-state index in [1.807, 2.05) is 0 Å². The second-order valence-corrected chi connectivity index (χ2v) is 11.8. The summed E-state index contributed by atoms with van der Waals surface area (Å²) in [6, 6.07) is 42.9. The molecule has 0 bridgehead atoms. The average molecular weight is 378 g/mol. The van der Waals surface area contributed by atoms with Crippen LogP contribution in [0.1, 0.15) is 0 Å². The molecule has 3 heteroatoms. The van der Waals surface area contributed by atoms with Gasteiger partial charge >= 0.3 is 29.0 Å². The molecule has 0 N–H and O–H groups in total. The molecular weight excluding hydrogens is 358 g/mol. The lowest BCUT2D eigenvalue weighted by atomic mass is 10.4. The SMILES string of the molecule is c1cc[c]([Al]([O][Al]([c]2ccccc2)[c]2ccccc2)[c]2ccccc2)cc1. The number of benzene rings is 4. The molecule has 0 fully saturated rings. The van der Waals surface area contributed by atoms with Gasteiger partial charge in [-0.05, 0) is 0 Å². The van der Waals surface area contributed by atoms with Gasteiger partial charge in [-0.2, -0.15) is 0 Å². The van der Waals surface area contributed by atoms with Crippen LogP contribution in [0.3, 0.4) is 0 Å². The largest absolute Gasteiger partial charge is 0.623 e. The topological polar surface area (TPSA) is 9.23 Å². The summed E-state index contributed by atoms with van der Waals surface area (Å²) in [5.74, 6) is 0. The molecule has 0 saturated carbocycles. The van der Waals surface area contributed by atoms with Crippen molar-refractivity contribution >= 4 is 46.7 Å². The molecule has 4 aromatic rings. The molecular formula is C24H20Al2O. The van der Waals surface area contributed by atoms with Crippen LogP contribution in [-0.4, -0.2) is 29.0 Å². The maximum absolute atomic E-state index is 7.07. The van der Waals surface area contributed by atoms with Crippen LogP contribution in [0, 0.1) is 0 Å². The predicted octanol–water partition coefficient (Wildman–Crippen LogP) is 2.61. The Morgan fingerprint density at radius 1 is 0.333 bits per heavy atom. The Morgan fingerprint density at radius 2 is 0.556 bits per heavy atom. The molecule has 0 amide bonds. The summed E-state index contributed by atoms with van der Waals surface area (Å²) < 4.78 is 12.4. The average Bonchev–Trinajstić information content (AvgIpc) is 2.77. The molecule has 0 heterocycles. The van der Waals surface area contributed by atoms with Gasteiger partial charge in [-0.25, -0.2) is 0 Å². The lowest BCUT2D eigenvalue weighted by Crippen LogP contribution is -2.55.